The van der Waals surface area contributed by atoms with E-state index in [2.05, 4.69) is 0 Å². The summed E-state index contributed by atoms with van der Waals surface area (Å²) in [6, 6.07) is 13.0. The molecule has 0 aliphatic heterocycles. The highest BCUT2D eigenvalue weighted by atomic mass is 35.5. The van der Waals surface area contributed by atoms with Crippen molar-refractivity contribution in [3.8, 4) is 0 Å². The van der Waals surface area contributed by atoms with Gasteiger partial charge < -0.3 is 4.90 Å². The van der Waals surface area contributed by atoms with Crippen molar-refractivity contribution in [1.82, 2.24) is 0 Å². The Hall–Kier alpha value is -2.05. The van der Waals surface area contributed by atoms with Gasteiger partial charge in [0.2, 0.25) is 5.91 Å². The third kappa shape index (κ3) is 3.48. The number of nitrogens with zero attached hydrogens (tertiary/aromatic N) is 2. The second kappa shape index (κ2) is 6.60. The molecule has 0 fully saturated rings. The van der Waals surface area contributed by atoms with Gasteiger partial charge in [0.15, 0.2) is 0 Å². The molecular formula is C16H17ClN2O3S. The molecule has 7 heteroatoms. The third-order valence-corrected chi connectivity index (χ3v) is 5.83. The van der Waals surface area contributed by atoms with Crippen LogP contribution in [0.1, 0.15) is 6.92 Å². The molecule has 2 aromatic carbocycles. The molecule has 0 spiro atoms. The van der Waals surface area contributed by atoms with E-state index in [1.165, 1.54) is 31.0 Å². The maximum absolute atomic E-state index is 12.7. The second-order valence-electron chi connectivity index (χ2n) is 5.00. The predicted octanol–water partition coefficient (Wildman–Crippen LogP) is 3.15. The fourth-order valence-corrected chi connectivity index (χ4v) is 3.70. The van der Waals surface area contributed by atoms with Crippen molar-refractivity contribution in [2.24, 2.45) is 0 Å². The number of carbonyl (C=O) groups is 1. The Bertz CT molecular complexity index is 819. The fraction of sp³-hybridized carbons (Fsp3) is 0.188. The average molecular weight is 353 g/mol. The number of hydrogen-bond donors (Lipinski definition) is 0. The molecule has 1 amide bonds. The minimum atomic E-state index is -3.75. The zero-order chi connectivity index (χ0) is 17.2. The highest BCUT2D eigenvalue weighted by Gasteiger charge is 2.23. The highest BCUT2D eigenvalue weighted by molar-refractivity contribution is 7.93. The molecule has 0 atom stereocenters. The number of anilines is 2. The number of rotatable bonds is 4. The van der Waals surface area contributed by atoms with E-state index in [1.807, 2.05) is 0 Å². The summed E-state index contributed by atoms with van der Waals surface area (Å²) < 4.78 is 26.5. The standard InChI is InChI=1S/C16H17ClN2O3S/c1-12(20)18(2)13-8-10-14(11-9-13)19(3)23(21,22)16-7-5-4-6-15(16)17/h4-11H,1-3H3. The first kappa shape index (κ1) is 17.3. The summed E-state index contributed by atoms with van der Waals surface area (Å²) in [5.74, 6) is -0.102. The lowest BCUT2D eigenvalue weighted by atomic mass is 10.2. The monoisotopic (exact) mass is 352 g/mol. The van der Waals surface area contributed by atoms with E-state index in [4.69, 9.17) is 11.6 Å². The SMILES string of the molecule is CC(=O)N(C)c1ccc(N(C)S(=O)(=O)c2ccccc2Cl)cc1. The maximum Gasteiger partial charge on any atom is 0.265 e. The largest absolute Gasteiger partial charge is 0.316 e. The van der Waals surface area contributed by atoms with Gasteiger partial charge in [0.25, 0.3) is 10.0 Å². The lowest BCUT2D eigenvalue weighted by Crippen LogP contribution is -2.27. The van der Waals surface area contributed by atoms with Crippen LogP contribution in [0, 0.1) is 0 Å². The number of benzene rings is 2. The zero-order valence-electron chi connectivity index (χ0n) is 13.0. The molecule has 23 heavy (non-hydrogen) atoms. The summed E-state index contributed by atoms with van der Waals surface area (Å²) in [6.07, 6.45) is 0. The van der Waals surface area contributed by atoms with Gasteiger partial charge in [0.05, 0.1) is 10.7 Å². The number of hydrogen-bond acceptors (Lipinski definition) is 3. The van der Waals surface area contributed by atoms with Gasteiger partial charge in [-0.05, 0) is 36.4 Å². The van der Waals surface area contributed by atoms with Gasteiger partial charge in [-0.2, -0.15) is 0 Å². The van der Waals surface area contributed by atoms with E-state index in [-0.39, 0.29) is 15.8 Å². The van der Waals surface area contributed by atoms with Crippen LogP contribution in [0.3, 0.4) is 0 Å². The van der Waals surface area contributed by atoms with Crippen LogP contribution in [-0.4, -0.2) is 28.4 Å². The number of sulfonamides is 1. The van der Waals surface area contributed by atoms with Crippen molar-refractivity contribution in [3.05, 3.63) is 53.6 Å². The van der Waals surface area contributed by atoms with Gasteiger partial charge >= 0.3 is 0 Å². The van der Waals surface area contributed by atoms with E-state index in [0.717, 1.165) is 4.31 Å². The van der Waals surface area contributed by atoms with Crippen molar-refractivity contribution in [2.45, 2.75) is 11.8 Å². The lowest BCUT2D eigenvalue weighted by Gasteiger charge is -2.21. The fourth-order valence-electron chi connectivity index (χ4n) is 2.01. The average Bonchev–Trinajstić information content (AvgIpc) is 2.53. The topological polar surface area (TPSA) is 57.7 Å². The normalized spacial score (nSPS) is 11.1. The Balaban J connectivity index is 2.35. The first-order valence-electron chi connectivity index (χ1n) is 6.83. The third-order valence-electron chi connectivity index (χ3n) is 3.55. The molecule has 0 aliphatic rings. The summed E-state index contributed by atoms with van der Waals surface area (Å²) in [7, 11) is -0.636. The van der Waals surface area contributed by atoms with E-state index in [1.54, 1.807) is 43.4 Å². The summed E-state index contributed by atoms with van der Waals surface area (Å²) >= 11 is 5.99. The molecule has 0 aliphatic carbocycles. The van der Waals surface area contributed by atoms with Crippen LogP contribution in [0.15, 0.2) is 53.4 Å². The van der Waals surface area contributed by atoms with Crippen molar-refractivity contribution >= 4 is 38.9 Å². The molecule has 2 aromatic rings. The van der Waals surface area contributed by atoms with Crippen LogP contribution in [0.4, 0.5) is 11.4 Å². The van der Waals surface area contributed by atoms with Crippen LogP contribution >= 0.6 is 11.6 Å². The molecule has 0 aromatic heterocycles. The summed E-state index contributed by atoms with van der Waals surface area (Å²) in [6.45, 7) is 1.46. The smallest absolute Gasteiger partial charge is 0.265 e. The summed E-state index contributed by atoms with van der Waals surface area (Å²) in [5.41, 5.74) is 1.16. The quantitative estimate of drug-likeness (QED) is 0.849. The predicted molar refractivity (Wildman–Crippen MR) is 92.6 cm³/mol. The van der Waals surface area contributed by atoms with Crippen molar-refractivity contribution in [1.29, 1.82) is 0 Å². The first-order chi connectivity index (χ1) is 10.7. The van der Waals surface area contributed by atoms with Crippen LogP contribution in [0.25, 0.3) is 0 Å². The van der Waals surface area contributed by atoms with Gasteiger partial charge in [0.1, 0.15) is 4.90 Å². The van der Waals surface area contributed by atoms with Crippen molar-refractivity contribution in [3.63, 3.8) is 0 Å². The second-order valence-corrected chi connectivity index (χ2v) is 7.34. The van der Waals surface area contributed by atoms with Crippen molar-refractivity contribution in [2.75, 3.05) is 23.3 Å². The van der Waals surface area contributed by atoms with E-state index < -0.39 is 10.0 Å². The summed E-state index contributed by atoms with van der Waals surface area (Å²) in [5, 5.41) is 0.173. The van der Waals surface area contributed by atoms with Crippen molar-refractivity contribution < 1.29 is 13.2 Å². The van der Waals surface area contributed by atoms with Gasteiger partial charge in [-0.1, -0.05) is 23.7 Å². The van der Waals surface area contributed by atoms with Crippen LogP contribution < -0.4 is 9.21 Å². The Labute approximate surface area is 141 Å². The van der Waals surface area contributed by atoms with Gasteiger partial charge in [-0.15, -0.1) is 0 Å². The van der Waals surface area contributed by atoms with E-state index in [0.29, 0.717) is 11.4 Å². The molecule has 0 saturated heterocycles. The minimum Gasteiger partial charge on any atom is -0.316 e. The zero-order valence-corrected chi connectivity index (χ0v) is 14.6. The maximum atomic E-state index is 12.7. The molecule has 0 bridgehead atoms. The number of amides is 1. The van der Waals surface area contributed by atoms with Crippen LogP contribution in [0.2, 0.25) is 5.02 Å². The first-order valence-corrected chi connectivity index (χ1v) is 8.65. The van der Waals surface area contributed by atoms with Gasteiger partial charge in [-0.3, -0.25) is 9.10 Å². The van der Waals surface area contributed by atoms with E-state index in [9.17, 15) is 13.2 Å². The summed E-state index contributed by atoms with van der Waals surface area (Å²) in [4.78, 5) is 12.9. The number of carbonyl (C=O) groups excluding carboxylic acids is 1. The molecule has 2 rings (SSSR count). The molecule has 0 N–H and O–H groups in total. The van der Waals surface area contributed by atoms with Crippen LogP contribution in [-0.2, 0) is 14.8 Å². The number of halogens is 1. The van der Waals surface area contributed by atoms with E-state index >= 15 is 0 Å². The lowest BCUT2D eigenvalue weighted by molar-refractivity contribution is -0.116. The Kier molecular flexibility index (Phi) is 4.97. The van der Waals surface area contributed by atoms with Gasteiger partial charge in [-0.25, -0.2) is 8.42 Å². The molecule has 0 saturated carbocycles. The van der Waals surface area contributed by atoms with Crippen LogP contribution in [0.5, 0.6) is 0 Å². The minimum absolute atomic E-state index is 0.0501. The Morgan fingerprint density at radius 3 is 2.00 bits per heavy atom. The molecule has 0 radical (unpaired) electrons. The molecular weight excluding hydrogens is 336 g/mol. The Morgan fingerprint density at radius 2 is 1.48 bits per heavy atom. The molecule has 122 valence electrons. The molecule has 0 heterocycles. The Morgan fingerprint density at radius 1 is 0.957 bits per heavy atom. The highest BCUT2D eigenvalue weighted by Crippen LogP contribution is 2.28. The van der Waals surface area contributed by atoms with Gasteiger partial charge in [0, 0.05) is 26.7 Å². The molecule has 5 nitrogen and oxygen atoms in total. The molecule has 0 unspecified atom stereocenters.